The molecular formula is C4H4N2O2. The van der Waals surface area contributed by atoms with Gasteiger partial charge in [-0.25, -0.2) is 4.79 Å². The number of oxime groups is 1. The normalized spacial score (nSPS) is 16.8. The molecule has 0 bridgehead atoms. The highest BCUT2D eigenvalue weighted by Crippen LogP contribution is 1.81. The predicted molar refractivity (Wildman–Crippen MR) is 27.2 cm³/mol. The van der Waals surface area contributed by atoms with Crippen LogP contribution in [0.3, 0.4) is 0 Å². The molecule has 4 nitrogen and oxygen atoms in total. The van der Waals surface area contributed by atoms with Crippen LogP contribution in [0.15, 0.2) is 17.4 Å². The van der Waals surface area contributed by atoms with Crippen LogP contribution in [-0.4, -0.2) is 12.3 Å². The van der Waals surface area contributed by atoms with Gasteiger partial charge in [0.2, 0.25) is 0 Å². The molecule has 0 aliphatic carbocycles. The Balaban J connectivity index is 2.58. The highest BCUT2D eigenvalue weighted by molar-refractivity contribution is 5.76. The first-order valence-electron chi connectivity index (χ1n) is 2.05. The van der Waals surface area contributed by atoms with Crippen molar-refractivity contribution >= 4 is 12.3 Å². The second-order valence-corrected chi connectivity index (χ2v) is 1.14. The van der Waals surface area contributed by atoms with Crippen LogP contribution < -0.4 is 5.32 Å². The van der Waals surface area contributed by atoms with Crippen molar-refractivity contribution in [2.75, 3.05) is 0 Å². The highest BCUT2D eigenvalue weighted by atomic mass is 16.7. The van der Waals surface area contributed by atoms with Gasteiger partial charge in [-0.1, -0.05) is 5.16 Å². The van der Waals surface area contributed by atoms with Crippen molar-refractivity contribution in [3.05, 3.63) is 12.3 Å². The van der Waals surface area contributed by atoms with Crippen LogP contribution >= 0.6 is 0 Å². The SMILES string of the molecule is O=C1NC=CC=NO1. The molecule has 1 heterocycles. The molecule has 1 amide bonds. The number of amides is 1. The molecule has 1 N–H and O–H groups in total. The lowest BCUT2D eigenvalue weighted by molar-refractivity contribution is 0.156. The Bertz CT molecular complexity index is 134. The Labute approximate surface area is 45.8 Å². The number of carbonyl (C=O) groups is 1. The Morgan fingerprint density at radius 1 is 1.75 bits per heavy atom. The number of rotatable bonds is 0. The van der Waals surface area contributed by atoms with Crippen molar-refractivity contribution in [3.63, 3.8) is 0 Å². The van der Waals surface area contributed by atoms with Gasteiger partial charge in [0.05, 0.1) is 6.21 Å². The zero-order chi connectivity index (χ0) is 5.82. The largest absolute Gasteiger partial charge is 0.437 e. The van der Waals surface area contributed by atoms with Crippen LogP contribution in [0.4, 0.5) is 4.79 Å². The second-order valence-electron chi connectivity index (χ2n) is 1.14. The van der Waals surface area contributed by atoms with Gasteiger partial charge in [0.1, 0.15) is 0 Å². The summed E-state index contributed by atoms with van der Waals surface area (Å²) in [6.07, 6.45) is 3.82. The molecule has 0 spiro atoms. The van der Waals surface area contributed by atoms with Crippen molar-refractivity contribution in [2.45, 2.75) is 0 Å². The zero-order valence-electron chi connectivity index (χ0n) is 4.00. The second kappa shape index (κ2) is 2.11. The quantitative estimate of drug-likeness (QED) is 0.456. The van der Waals surface area contributed by atoms with Crippen LogP contribution in [0.5, 0.6) is 0 Å². The molecule has 1 rings (SSSR count). The van der Waals surface area contributed by atoms with Crippen molar-refractivity contribution in [1.82, 2.24) is 5.32 Å². The maximum atomic E-state index is 10.2. The van der Waals surface area contributed by atoms with E-state index < -0.39 is 6.09 Å². The first kappa shape index (κ1) is 4.83. The van der Waals surface area contributed by atoms with E-state index >= 15 is 0 Å². The van der Waals surface area contributed by atoms with Gasteiger partial charge in [-0.2, -0.15) is 0 Å². The van der Waals surface area contributed by atoms with Crippen LogP contribution in [-0.2, 0) is 4.84 Å². The van der Waals surface area contributed by atoms with Gasteiger partial charge in [-0.3, -0.25) is 10.2 Å². The van der Waals surface area contributed by atoms with E-state index in [2.05, 4.69) is 15.3 Å². The highest BCUT2D eigenvalue weighted by Gasteiger charge is 1.95. The Hall–Kier alpha value is -1.32. The topological polar surface area (TPSA) is 50.7 Å². The third kappa shape index (κ3) is 1.07. The molecule has 42 valence electrons. The summed E-state index contributed by atoms with van der Waals surface area (Å²) in [5.74, 6) is 0. The average Bonchev–Trinajstić information content (AvgIpc) is 1.94. The molecule has 0 unspecified atom stereocenters. The van der Waals surface area contributed by atoms with Crippen molar-refractivity contribution in [3.8, 4) is 0 Å². The average molecular weight is 112 g/mol. The summed E-state index contributed by atoms with van der Waals surface area (Å²) >= 11 is 0. The fourth-order valence-corrected chi connectivity index (χ4v) is 0.299. The van der Waals surface area contributed by atoms with E-state index in [4.69, 9.17) is 0 Å². The van der Waals surface area contributed by atoms with Crippen molar-refractivity contribution in [1.29, 1.82) is 0 Å². The summed E-state index contributed by atoms with van der Waals surface area (Å²) in [5, 5.41) is 5.51. The minimum absolute atomic E-state index is 0.560. The lowest BCUT2D eigenvalue weighted by Crippen LogP contribution is -2.14. The summed E-state index contributed by atoms with van der Waals surface area (Å²) < 4.78 is 0. The number of allylic oxidation sites excluding steroid dienone is 1. The van der Waals surface area contributed by atoms with Crippen molar-refractivity contribution in [2.24, 2.45) is 5.16 Å². The van der Waals surface area contributed by atoms with Gasteiger partial charge >= 0.3 is 6.09 Å². The van der Waals surface area contributed by atoms with E-state index in [-0.39, 0.29) is 0 Å². The molecule has 0 fully saturated rings. The standard InChI is InChI=1S/C4H4N2O2/c7-4-5-2-1-3-6-8-4/h1-3H,(H,5,7). The van der Waals surface area contributed by atoms with Gasteiger partial charge in [0, 0.05) is 6.20 Å². The molecule has 0 atom stereocenters. The monoisotopic (exact) mass is 112 g/mol. The van der Waals surface area contributed by atoms with Crippen LogP contribution in [0, 0.1) is 0 Å². The summed E-state index contributed by atoms with van der Waals surface area (Å²) in [4.78, 5) is 14.3. The van der Waals surface area contributed by atoms with Crippen molar-refractivity contribution < 1.29 is 9.63 Å². The van der Waals surface area contributed by atoms with E-state index in [1.54, 1.807) is 6.08 Å². The van der Waals surface area contributed by atoms with E-state index in [1.807, 2.05) is 0 Å². The Kier molecular flexibility index (Phi) is 1.27. The summed E-state index contributed by atoms with van der Waals surface area (Å²) in [7, 11) is 0. The van der Waals surface area contributed by atoms with Crippen LogP contribution in [0.2, 0.25) is 0 Å². The molecule has 0 saturated heterocycles. The molecule has 0 radical (unpaired) electrons. The van der Waals surface area contributed by atoms with Crippen LogP contribution in [0.25, 0.3) is 0 Å². The molecule has 0 aromatic rings. The Morgan fingerprint density at radius 3 is 3.50 bits per heavy atom. The van der Waals surface area contributed by atoms with E-state index in [9.17, 15) is 4.79 Å². The van der Waals surface area contributed by atoms with Gasteiger partial charge in [0.15, 0.2) is 0 Å². The number of nitrogens with zero attached hydrogens (tertiary/aromatic N) is 1. The fourth-order valence-electron chi connectivity index (χ4n) is 0.299. The summed E-state index contributed by atoms with van der Waals surface area (Å²) in [6.45, 7) is 0. The van der Waals surface area contributed by atoms with E-state index in [0.29, 0.717) is 0 Å². The molecular weight excluding hydrogens is 108 g/mol. The van der Waals surface area contributed by atoms with Gasteiger partial charge < -0.3 is 0 Å². The molecule has 0 aromatic heterocycles. The lowest BCUT2D eigenvalue weighted by Gasteiger charge is -1.88. The minimum atomic E-state index is -0.560. The fraction of sp³-hybridized carbons (Fsp3) is 0. The molecule has 0 saturated carbocycles. The van der Waals surface area contributed by atoms with Gasteiger partial charge in [-0.15, -0.1) is 0 Å². The maximum Gasteiger partial charge on any atom is 0.437 e. The summed E-state index contributed by atoms with van der Waals surface area (Å²) in [6, 6.07) is 0. The lowest BCUT2D eigenvalue weighted by atomic mass is 10.7. The van der Waals surface area contributed by atoms with E-state index in [1.165, 1.54) is 12.4 Å². The van der Waals surface area contributed by atoms with Gasteiger partial charge in [-0.05, 0) is 6.08 Å². The number of hydrogen-bond acceptors (Lipinski definition) is 3. The molecule has 1 aliphatic heterocycles. The number of hydrogen-bond donors (Lipinski definition) is 1. The first-order valence-corrected chi connectivity index (χ1v) is 2.05. The molecule has 8 heavy (non-hydrogen) atoms. The number of carbonyl (C=O) groups excluding carboxylic acids is 1. The Morgan fingerprint density at radius 2 is 2.62 bits per heavy atom. The maximum absolute atomic E-state index is 10.2. The first-order chi connectivity index (χ1) is 3.89. The summed E-state index contributed by atoms with van der Waals surface area (Å²) in [5.41, 5.74) is 0. The molecule has 1 aliphatic rings. The predicted octanol–water partition coefficient (Wildman–Crippen LogP) is 0.226. The minimum Gasteiger partial charge on any atom is -0.298 e. The third-order valence-electron chi connectivity index (χ3n) is 0.580. The zero-order valence-corrected chi connectivity index (χ0v) is 4.00. The molecule has 0 aromatic carbocycles. The van der Waals surface area contributed by atoms with E-state index in [0.717, 1.165) is 0 Å². The van der Waals surface area contributed by atoms with Gasteiger partial charge in [0.25, 0.3) is 0 Å². The smallest absolute Gasteiger partial charge is 0.298 e. The molecule has 4 heteroatoms. The third-order valence-corrected chi connectivity index (χ3v) is 0.580. The van der Waals surface area contributed by atoms with Crippen LogP contribution in [0.1, 0.15) is 0 Å². The number of nitrogens with one attached hydrogen (secondary N) is 1.